The Balaban J connectivity index is 1.21. The van der Waals surface area contributed by atoms with Crippen LogP contribution in [0.2, 0.25) is 0 Å². The molecule has 2 heterocycles. The maximum atomic E-state index is 13.0. The summed E-state index contributed by atoms with van der Waals surface area (Å²) >= 11 is 0. The third-order valence-electron chi connectivity index (χ3n) is 6.43. The monoisotopic (exact) mass is 488 g/mol. The van der Waals surface area contributed by atoms with Gasteiger partial charge in [0.25, 0.3) is 5.91 Å². The van der Waals surface area contributed by atoms with Gasteiger partial charge in [-0.25, -0.2) is 0 Å². The zero-order valence-corrected chi connectivity index (χ0v) is 20.9. The second-order valence-corrected chi connectivity index (χ2v) is 8.92. The zero-order chi connectivity index (χ0) is 25.5. The summed E-state index contributed by atoms with van der Waals surface area (Å²) in [4.78, 5) is 19.5. The Morgan fingerprint density at radius 1 is 0.973 bits per heavy atom. The van der Waals surface area contributed by atoms with Gasteiger partial charge in [0, 0.05) is 41.9 Å². The number of aliphatic imine (C=N–C) groups is 1. The molecule has 184 valence electrons. The molecule has 0 bridgehead atoms. The Morgan fingerprint density at radius 3 is 2.57 bits per heavy atom. The van der Waals surface area contributed by atoms with Gasteiger partial charge in [0.2, 0.25) is 0 Å². The molecule has 5 heteroatoms. The number of rotatable bonds is 5. The molecule has 0 aliphatic carbocycles. The fourth-order valence-corrected chi connectivity index (χ4v) is 4.48. The second kappa shape index (κ2) is 11.5. The minimum Gasteiger partial charge on any atom is -0.493 e. The van der Waals surface area contributed by atoms with Crippen molar-refractivity contribution in [3.63, 3.8) is 0 Å². The summed E-state index contributed by atoms with van der Waals surface area (Å²) in [5.41, 5.74) is 4.00. The topological polar surface area (TPSA) is 51.1 Å². The van der Waals surface area contributed by atoms with Gasteiger partial charge >= 0.3 is 0 Å². The van der Waals surface area contributed by atoms with E-state index in [4.69, 9.17) is 9.47 Å². The lowest BCUT2D eigenvalue weighted by Gasteiger charge is -2.20. The highest BCUT2D eigenvalue weighted by molar-refractivity contribution is 6.03. The number of amides is 1. The predicted molar refractivity (Wildman–Crippen MR) is 146 cm³/mol. The minimum atomic E-state index is 0.00358. The molecule has 0 saturated carbocycles. The molecule has 0 radical (unpaired) electrons. The summed E-state index contributed by atoms with van der Waals surface area (Å²) in [7, 11) is 1.58. The smallest absolute Gasteiger partial charge is 0.256 e. The molecule has 5 nitrogen and oxygen atoms in total. The summed E-state index contributed by atoms with van der Waals surface area (Å²) in [6, 6.07) is 21.5. The van der Waals surface area contributed by atoms with Gasteiger partial charge in [0.1, 0.15) is 0 Å². The van der Waals surface area contributed by atoms with E-state index in [1.807, 2.05) is 65.7 Å². The van der Waals surface area contributed by atoms with Crippen LogP contribution in [-0.4, -0.2) is 43.3 Å². The van der Waals surface area contributed by atoms with E-state index in [2.05, 4.69) is 28.7 Å². The number of unbranched alkanes of at least 4 members (excludes halogenated alkanes) is 1. The maximum absolute atomic E-state index is 13.0. The lowest BCUT2D eigenvalue weighted by Crippen LogP contribution is -2.35. The van der Waals surface area contributed by atoms with E-state index in [-0.39, 0.29) is 11.9 Å². The molecule has 5 rings (SSSR count). The number of benzene rings is 3. The van der Waals surface area contributed by atoms with Crippen molar-refractivity contribution < 1.29 is 14.3 Å². The van der Waals surface area contributed by atoms with Crippen LogP contribution in [0.4, 0.5) is 5.69 Å². The predicted octanol–water partition coefficient (Wildman–Crippen LogP) is 5.63. The van der Waals surface area contributed by atoms with E-state index in [1.165, 1.54) is 0 Å². The van der Waals surface area contributed by atoms with Crippen LogP contribution in [-0.2, 0) is 0 Å². The van der Waals surface area contributed by atoms with Gasteiger partial charge in [-0.2, -0.15) is 0 Å². The molecule has 2 aliphatic heterocycles. The lowest BCUT2D eigenvalue weighted by atomic mass is 10.1. The number of hydrogen-bond acceptors (Lipinski definition) is 4. The van der Waals surface area contributed by atoms with Gasteiger partial charge < -0.3 is 14.4 Å². The molecule has 1 atom stereocenters. The molecule has 3 aromatic rings. The Morgan fingerprint density at radius 2 is 1.76 bits per heavy atom. The fourth-order valence-electron chi connectivity index (χ4n) is 4.48. The highest BCUT2D eigenvalue weighted by atomic mass is 16.5. The SMILES string of the molecule is COc1cc2c(cc1OCCCC#Cc1ccccc1C#Cc1ccccc1)N=C[C@@H]1CCCN1C2=O. The van der Waals surface area contributed by atoms with Crippen molar-refractivity contribution in [1.82, 2.24) is 4.90 Å². The molecule has 2 aliphatic rings. The van der Waals surface area contributed by atoms with Crippen LogP contribution in [0.5, 0.6) is 11.5 Å². The van der Waals surface area contributed by atoms with E-state index in [0.717, 1.165) is 42.5 Å². The molecule has 0 spiro atoms. The molecule has 37 heavy (non-hydrogen) atoms. The molecule has 1 fully saturated rings. The van der Waals surface area contributed by atoms with Crippen LogP contribution >= 0.6 is 0 Å². The minimum absolute atomic E-state index is 0.00358. The van der Waals surface area contributed by atoms with E-state index < -0.39 is 0 Å². The highest BCUT2D eigenvalue weighted by Gasteiger charge is 2.32. The number of carbonyl (C=O) groups excluding carboxylic acids is 1. The van der Waals surface area contributed by atoms with Gasteiger partial charge in [0.05, 0.1) is 31.0 Å². The van der Waals surface area contributed by atoms with E-state index >= 15 is 0 Å². The van der Waals surface area contributed by atoms with Crippen molar-refractivity contribution in [3.05, 3.63) is 89.0 Å². The first-order valence-electron chi connectivity index (χ1n) is 12.6. The summed E-state index contributed by atoms with van der Waals surface area (Å²) in [5, 5.41) is 0. The molecular formula is C32H28N2O3. The molecule has 1 saturated heterocycles. The number of fused-ring (bicyclic) bond motifs is 2. The normalized spacial score (nSPS) is 15.4. The fraction of sp³-hybridized carbons (Fsp3) is 0.250. The third-order valence-corrected chi connectivity index (χ3v) is 6.43. The quantitative estimate of drug-likeness (QED) is 0.346. The van der Waals surface area contributed by atoms with E-state index in [1.54, 1.807) is 19.2 Å². The van der Waals surface area contributed by atoms with Gasteiger partial charge in [0.15, 0.2) is 11.5 Å². The Hall–Kier alpha value is -4.48. The first-order valence-corrected chi connectivity index (χ1v) is 12.6. The summed E-state index contributed by atoms with van der Waals surface area (Å²) < 4.78 is 11.5. The number of ether oxygens (including phenoxy) is 2. The summed E-state index contributed by atoms with van der Waals surface area (Å²) in [5.74, 6) is 14.0. The summed E-state index contributed by atoms with van der Waals surface area (Å²) in [6.07, 6.45) is 5.27. The van der Waals surface area contributed by atoms with Gasteiger partial charge in [-0.15, -0.1) is 0 Å². The first kappa shape index (κ1) is 24.2. The Kier molecular flexibility index (Phi) is 7.53. The number of methoxy groups -OCH3 is 1. The molecular weight excluding hydrogens is 460 g/mol. The second-order valence-electron chi connectivity index (χ2n) is 8.92. The van der Waals surface area contributed by atoms with Crippen molar-refractivity contribution in [2.75, 3.05) is 20.3 Å². The average molecular weight is 489 g/mol. The maximum Gasteiger partial charge on any atom is 0.256 e. The molecule has 3 aromatic carbocycles. The van der Waals surface area contributed by atoms with Crippen LogP contribution < -0.4 is 9.47 Å². The third kappa shape index (κ3) is 5.68. The number of hydrogen-bond donors (Lipinski definition) is 0. The molecule has 1 amide bonds. The van der Waals surface area contributed by atoms with Gasteiger partial charge in [-0.1, -0.05) is 54.0 Å². The van der Waals surface area contributed by atoms with Crippen molar-refractivity contribution in [3.8, 4) is 35.2 Å². The van der Waals surface area contributed by atoms with Crippen LogP contribution in [0.15, 0.2) is 71.7 Å². The average Bonchev–Trinajstić information content (AvgIpc) is 3.37. The van der Waals surface area contributed by atoms with E-state index in [0.29, 0.717) is 35.8 Å². The van der Waals surface area contributed by atoms with Crippen molar-refractivity contribution in [2.45, 2.75) is 31.7 Å². The standard InChI is InChI=1S/C32H28N2O3/c1-36-30-21-28-29(33-23-27-16-10-19-34(27)32(28)35)22-31(30)37-20-9-3-6-13-25-14-7-8-15-26(25)18-17-24-11-4-2-5-12-24/h2,4-5,7-8,11-12,14-15,21-23,27H,3,9-10,16,19-20H2,1H3/t27-/m0/s1. The lowest BCUT2D eigenvalue weighted by molar-refractivity contribution is 0.0774. The van der Waals surface area contributed by atoms with Crippen molar-refractivity contribution in [1.29, 1.82) is 0 Å². The van der Waals surface area contributed by atoms with Crippen LogP contribution in [0.1, 0.15) is 52.7 Å². The van der Waals surface area contributed by atoms with Crippen LogP contribution in [0, 0.1) is 23.7 Å². The van der Waals surface area contributed by atoms with Crippen molar-refractivity contribution >= 4 is 17.8 Å². The van der Waals surface area contributed by atoms with Gasteiger partial charge in [-0.05, 0) is 49.6 Å². The summed E-state index contributed by atoms with van der Waals surface area (Å²) in [6.45, 7) is 1.24. The largest absolute Gasteiger partial charge is 0.493 e. The molecule has 0 unspecified atom stereocenters. The Bertz CT molecular complexity index is 1440. The number of nitrogens with zero attached hydrogens (tertiary/aromatic N) is 2. The van der Waals surface area contributed by atoms with E-state index in [9.17, 15) is 4.79 Å². The Labute approximate surface area is 218 Å². The molecule has 0 N–H and O–H groups in total. The van der Waals surface area contributed by atoms with Gasteiger partial charge in [-0.3, -0.25) is 9.79 Å². The van der Waals surface area contributed by atoms with Crippen LogP contribution in [0.3, 0.4) is 0 Å². The highest BCUT2D eigenvalue weighted by Crippen LogP contribution is 2.38. The number of carbonyl (C=O) groups is 1. The van der Waals surface area contributed by atoms with Crippen LogP contribution in [0.25, 0.3) is 0 Å². The first-order chi connectivity index (χ1) is 18.2. The molecule has 0 aromatic heterocycles. The zero-order valence-electron chi connectivity index (χ0n) is 20.9. The van der Waals surface area contributed by atoms with Crippen molar-refractivity contribution in [2.24, 2.45) is 4.99 Å².